The summed E-state index contributed by atoms with van der Waals surface area (Å²) in [5, 5.41) is 19.9. The zero-order chi connectivity index (χ0) is 20.5. The Morgan fingerprint density at radius 1 is 1.07 bits per heavy atom. The summed E-state index contributed by atoms with van der Waals surface area (Å²) in [7, 11) is -3.85. The Balaban J connectivity index is 2.10. The normalized spacial score (nSPS) is 12.6. The quantitative estimate of drug-likeness (QED) is 0.410. The topological polar surface area (TPSA) is 104 Å². The van der Waals surface area contributed by atoms with Crippen LogP contribution in [0, 0.1) is 6.92 Å². The predicted molar refractivity (Wildman–Crippen MR) is 111 cm³/mol. The summed E-state index contributed by atoms with van der Waals surface area (Å²) in [4.78, 5) is 11.6. The Morgan fingerprint density at radius 2 is 1.68 bits per heavy atom. The van der Waals surface area contributed by atoms with Gasteiger partial charge in [0.25, 0.3) is 10.0 Å². The number of carboxylic acids is 1. The molecule has 0 saturated heterocycles. The van der Waals surface area contributed by atoms with E-state index in [1.807, 2.05) is 6.92 Å². The second-order valence-corrected chi connectivity index (χ2v) is 9.40. The Bertz CT molecular complexity index is 1140. The number of rotatable bonds is 6. The number of carbonyl (C=O) groups is 1. The first kappa shape index (κ1) is 20.0. The molecular formula is C20H19NO5S2. The van der Waals surface area contributed by atoms with E-state index in [0.717, 1.165) is 17.3 Å². The minimum atomic E-state index is -3.85. The largest absolute Gasteiger partial charge is 0.506 e. The van der Waals surface area contributed by atoms with Crippen LogP contribution in [0.4, 0.5) is 5.69 Å². The van der Waals surface area contributed by atoms with E-state index in [4.69, 9.17) is 5.11 Å². The lowest BCUT2D eigenvalue weighted by Crippen LogP contribution is -2.14. The zero-order valence-electron chi connectivity index (χ0n) is 15.2. The molecule has 3 aromatic carbocycles. The number of carboxylic acid groups (broad SMARTS) is 1. The molecule has 0 fully saturated rings. The number of aromatic hydroxyl groups is 1. The molecule has 8 heteroatoms. The molecule has 0 aliphatic carbocycles. The standard InChI is InChI=1S/C20H19NO5S2/c1-12-7-9-14(10-8-12)28(25,26)21-17-11-18(27-13(2)20(23)24)19(22)16-6-4-3-5-15(16)17/h3-11,13,21-22H,1-2H3,(H,23,24)/t13-/m0/s1. The summed E-state index contributed by atoms with van der Waals surface area (Å²) in [6.45, 7) is 3.36. The average molecular weight is 418 g/mol. The lowest BCUT2D eigenvalue weighted by Gasteiger charge is -2.16. The van der Waals surface area contributed by atoms with Gasteiger partial charge in [-0.1, -0.05) is 42.0 Å². The first-order valence-electron chi connectivity index (χ1n) is 8.42. The number of aliphatic carboxylic acids is 1. The van der Waals surface area contributed by atoms with Gasteiger partial charge in [-0.15, -0.1) is 11.8 Å². The van der Waals surface area contributed by atoms with Gasteiger partial charge in [-0.2, -0.15) is 0 Å². The van der Waals surface area contributed by atoms with Gasteiger partial charge in [0, 0.05) is 10.8 Å². The molecule has 3 rings (SSSR count). The Labute approximate surface area is 167 Å². The number of phenols is 1. The Kier molecular flexibility index (Phi) is 5.53. The first-order valence-corrected chi connectivity index (χ1v) is 10.8. The van der Waals surface area contributed by atoms with Crippen LogP contribution in [0.5, 0.6) is 5.75 Å². The average Bonchev–Trinajstić information content (AvgIpc) is 2.65. The molecular weight excluding hydrogens is 398 g/mol. The second kappa shape index (κ2) is 7.73. The van der Waals surface area contributed by atoms with Gasteiger partial charge in [0.05, 0.1) is 15.5 Å². The van der Waals surface area contributed by atoms with E-state index in [9.17, 15) is 18.3 Å². The Morgan fingerprint density at radius 3 is 2.29 bits per heavy atom. The maximum atomic E-state index is 12.8. The number of hydrogen-bond donors (Lipinski definition) is 3. The van der Waals surface area contributed by atoms with Crippen LogP contribution in [0.1, 0.15) is 12.5 Å². The molecule has 0 bridgehead atoms. The molecule has 0 heterocycles. The fourth-order valence-electron chi connectivity index (χ4n) is 2.67. The molecule has 146 valence electrons. The van der Waals surface area contributed by atoms with E-state index < -0.39 is 21.2 Å². The molecule has 0 aliphatic heterocycles. The number of thioether (sulfide) groups is 1. The van der Waals surface area contributed by atoms with Crippen molar-refractivity contribution in [1.29, 1.82) is 0 Å². The van der Waals surface area contributed by atoms with E-state index in [1.54, 1.807) is 36.4 Å². The number of fused-ring (bicyclic) bond motifs is 1. The number of phenolic OH excluding ortho intramolecular Hbond substituents is 1. The summed E-state index contributed by atoms with van der Waals surface area (Å²) in [6, 6.07) is 14.7. The van der Waals surface area contributed by atoms with Gasteiger partial charge in [-0.05, 0) is 32.0 Å². The van der Waals surface area contributed by atoms with Gasteiger partial charge in [-0.25, -0.2) is 8.42 Å². The Hall–Kier alpha value is -2.71. The minimum Gasteiger partial charge on any atom is -0.506 e. The summed E-state index contributed by atoms with van der Waals surface area (Å²) >= 11 is 0.947. The van der Waals surface area contributed by atoms with Gasteiger partial charge < -0.3 is 10.2 Å². The number of nitrogens with one attached hydrogen (secondary N) is 1. The number of aryl methyl sites for hydroxylation is 1. The second-order valence-electron chi connectivity index (χ2n) is 6.33. The van der Waals surface area contributed by atoms with Gasteiger partial charge in [-0.3, -0.25) is 9.52 Å². The molecule has 3 N–H and O–H groups in total. The number of anilines is 1. The van der Waals surface area contributed by atoms with Gasteiger partial charge in [0.2, 0.25) is 0 Å². The van der Waals surface area contributed by atoms with Crippen molar-refractivity contribution < 1.29 is 23.4 Å². The summed E-state index contributed by atoms with van der Waals surface area (Å²) < 4.78 is 28.2. The van der Waals surface area contributed by atoms with Gasteiger partial charge >= 0.3 is 5.97 Å². The molecule has 6 nitrogen and oxygen atoms in total. The van der Waals surface area contributed by atoms with Crippen LogP contribution in [0.3, 0.4) is 0 Å². The molecule has 0 radical (unpaired) electrons. The fraction of sp³-hybridized carbons (Fsp3) is 0.150. The molecule has 0 saturated carbocycles. The van der Waals surface area contributed by atoms with Crippen LogP contribution >= 0.6 is 11.8 Å². The molecule has 0 amide bonds. The smallest absolute Gasteiger partial charge is 0.316 e. The zero-order valence-corrected chi connectivity index (χ0v) is 16.8. The third kappa shape index (κ3) is 4.07. The SMILES string of the molecule is Cc1ccc(S(=O)(=O)Nc2cc(S[C@@H](C)C(=O)O)c(O)c3ccccc23)cc1. The molecule has 0 spiro atoms. The van der Waals surface area contributed by atoms with Crippen LogP contribution in [0.2, 0.25) is 0 Å². The first-order chi connectivity index (χ1) is 13.2. The van der Waals surface area contributed by atoms with Gasteiger partial charge in [0.15, 0.2) is 0 Å². The van der Waals surface area contributed by atoms with Crippen molar-refractivity contribution in [3.8, 4) is 5.75 Å². The predicted octanol–water partition coefficient (Wildman–Crippen LogP) is 4.22. The molecule has 28 heavy (non-hydrogen) atoms. The highest BCUT2D eigenvalue weighted by atomic mass is 32.2. The van der Waals surface area contributed by atoms with E-state index in [-0.39, 0.29) is 21.2 Å². The molecule has 0 unspecified atom stereocenters. The lowest BCUT2D eigenvalue weighted by molar-refractivity contribution is -0.136. The van der Waals surface area contributed by atoms with Gasteiger partial charge in [0.1, 0.15) is 11.0 Å². The summed E-state index contributed by atoms with van der Waals surface area (Å²) in [5.41, 5.74) is 1.21. The molecule has 0 aliphatic rings. The summed E-state index contributed by atoms with van der Waals surface area (Å²) in [6.07, 6.45) is 0. The molecule has 0 aromatic heterocycles. The third-order valence-electron chi connectivity index (χ3n) is 4.21. The summed E-state index contributed by atoms with van der Waals surface area (Å²) in [5.74, 6) is -1.11. The minimum absolute atomic E-state index is 0.0769. The highest BCUT2D eigenvalue weighted by Crippen LogP contribution is 2.41. The van der Waals surface area contributed by atoms with Crippen LogP contribution in [0.25, 0.3) is 10.8 Å². The van der Waals surface area contributed by atoms with Crippen molar-refractivity contribution in [3.05, 3.63) is 60.2 Å². The van der Waals surface area contributed by atoms with Crippen molar-refractivity contribution in [2.75, 3.05) is 4.72 Å². The highest BCUT2D eigenvalue weighted by molar-refractivity contribution is 8.00. The van der Waals surface area contributed by atoms with Crippen LogP contribution < -0.4 is 4.72 Å². The maximum Gasteiger partial charge on any atom is 0.316 e. The van der Waals surface area contributed by atoms with Crippen molar-refractivity contribution in [1.82, 2.24) is 0 Å². The van der Waals surface area contributed by atoms with Crippen LogP contribution in [-0.4, -0.2) is 29.9 Å². The molecule has 1 atom stereocenters. The van der Waals surface area contributed by atoms with E-state index >= 15 is 0 Å². The van der Waals surface area contributed by atoms with Crippen LogP contribution in [0.15, 0.2) is 64.4 Å². The van der Waals surface area contributed by atoms with E-state index in [2.05, 4.69) is 4.72 Å². The highest BCUT2D eigenvalue weighted by Gasteiger charge is 2.21. The number of sulfonamides is 1. The van der Waals surface area contributed by atoms with Crippen LogP contribution in [-0.2, 0) is 14.8 Å². The van der Waals surface area contributed by atoms with Crippen molar-refractivity contribution in [2.45, 2.75) is 28.9 Å². The monoisotopic (exact) mass is 417 g/mol. The van der Waals surface area contributed by atoms with Crippen molar-refractivity contribution in [3.63, 3.8) is 0 Å². The maximum absolute atomic E-state index is 12.8. The molecule has 3 aromatic rings. The van der Waals surface area contributed by atoms with E-state index in [0.29, 0.717) is 10.8 Å². The van der Waals surface area contributed by atoms with Crippen molar-refractivity contribution in [2.24, 2.45) is 0 Å². The third-order valence-corrected chi connectivity index (χ3v) is 6.71. The fourth-order valence-corrected chi connectivity index (χ4v) is 4.63. The van der Waals surface area contributed by atoms with Crippen molar-refractivity contribution >= 4 is 44.2 Å². The lowest BCUT2D eigenvalue weighted by atomic mass is 10.1. The van der Waals surface area contributed by atoms with E-state index in [1.165, 1.54) is 25.1 Å². The number of benzene rings is 3. The number of hydrogen-bond acceptors (Lipinski definition) is 5.